The van der Waals surface area contributed by atoms with Gasteiger partial charge in [-0.1, -0.05) is 85.1 Å². The fraction of sp³-hybridized carbons (Fsp3) is 0.447. The molecule has 3 aromatic carbocycles. The Kier molecular flexibility index (Phi) is 11.1. The Hall–Kier alpha value is -2.93. The number of oxazole rings is 1. The van der Waals surface area contributed by atoms with Crippen LogP contribution in [-0.4, -0.2) is 55.1 Å². The number of anilines is 2. The van der Waals surface area contributed by atoms with Crippen molar-refractivity contribution in [3.05, 3.63) is 113 Å². The van der Waals surface area contributed by atoms with Crippen molar-refractivity contribution in [3.63, 3.8) is 0 Å². The molecule has 4 aromatic rings. The predicted octanol–water partition coefficient (Wildman–Crippen LogP) is 9.17. The zero-order chi connectivity index (χ0) is 31.0. The van der Waals surface area contributed by atoms with E-state index in [0.29, 0.717) is 17.9 Å². The maximum Gasteiger partial charge on any atom is 0.219 e. The molecule has 1 aromatic heterocycles. The highest BCUT2D eigenvalue weighted by Gasteiger charge is 2.33. The molecule has 0 bridgehead atoms. The van der Waals surface area contributed by atoms with E-state index < -0.39 is 0 Å². The Morgan fingerprint density at radius 3 is 2.24 bits per heavy atom. The quantitative estimate of drug-likeness (QED) is 0.166. The van der Waals surface area contributed by atoms with Crippen LogP contribution in [0, 0.1) is 11.8 Å². The number of aromatic nitrogens is 1. The second-order valence-electron chi connectivity index (χ2n) is 13.0. The number of hydrogen-bond acceptors (Lipinski definition) is 6. The van der Waals surface area contributed by atoms with Crippen LogP contribution in [0.2, 0.25) is 5.02 Å². The van der Waals surface area contributed by atoms with Gasteiger partial charge in [0.25, 0.3) is 0 Å². The van der Waals surface area contributed by atoms with Gasteiger partial charge in [0, 0.05) is 54.3 Å². The minimum absolute atomic E-state index is 0.204. The van der Waals surface area contributed by atoms with Crippen molar-refractivity contribution in [2.45, 2.75) is 50.5 Å². The zero-order valence-corrected chi connectivity index (χ0v) is 28.3. The van der Waals surface area contributed by atoms with Crippen molar-refractivity contribution >= 4 is 34.9 Å². The molecule has 1 aliphatic heterocycles. The van der Waals surface area contributed by atoms with Gasteiger partial charge in [0.1, 0.15) is 5.69 Å². The van der Waals surface area contributed by atoms with Crippen LogP contribution in [0.1, 0.15) is 66.8 Å². The summed E-state index contributed by atoms with van der Waals surface area (Å²) in [5, 5.41) is 4.53. The van der Waals surface area contributed by atoms with Gasteiger partial charge in [0.05, 0.1) is 5.92 Å². The zero-order valence-electron chi connectivity index (χ0n) is 26.7. The Labute approximate surface area is 278 Å². The van der Waals surface area contributed by atoms with Crippen LogP contribution in [0.3, 0.4) is 0 Å². The molecule has 0 radical (unpaired) electrons. The summed E-state index contributed by atoms with van der Waals surface area (Å²) in [6.45, 7) is 2.84. The second kappa shape index (κ2) is 15.6. The van der Waals surface area contributed by atoms with Gasteiger partial charge in [0.15, 0.2) is 0 Å². The highest BCUT2D eigenvalue weighted by atomic mass is 35.5. The molecule has 2 heterocycles. The van der Waals surface area contributed by atoms with Crippen molar-refractivity contribution in [3.8, 4) is 0 Å². The third-order valence-electron chi connectivity index (χ3n) is 9.61. The van der Waals surface area contributed by atoms with Gasteiger partial charge in [-0.15, -0.1) is 0 Å². The minimum Gasteiger partial charge on any atom is -0.424 e. The Morgan fingerprint density at radius 1 is 0.911 bits per heavy atom. The molecule has 2 aliphatic rings. The Balaban J connectivity index is 1.21. The molecule has 1 N–H and O–H groups in total. The number of thioether (sulfide) groups is 1. The van der Waals surface area contributed by atoms with E-state index >= 15 is 0 Å². The molecule has 5 nitrogen and oxygen atoms in total. The number of rotatable bonds is 12. The van der Waals surface area contributed by atoms with Crippen molar-refractivity contribution in [1.29, 1.82) is 0 Å². The number of hydrogen-bond donors (Lipinski definition) is 1. The summed E-state index contributed by atoms with van der Waals surface area (Å²) in [6, 6.07) is 30.1. The molecule has 0 amide bonds. The average Bonchev–Trinajstić information content (AvgIpc) is 3.49. The number of nitrogens with zero attached hydrogens (tertiary/aromatic N) is 3. The molecule has 2 fully saturated rings. The average molecular weight is 643 g/mol. The summed E-state index contributed by atoms with van der Waals surface area (Å²) in [5.74, 6) is 5.64. The van der Waals surface area contributed by atoms with Crippen LogP contribution in [0.5, 0.6) is 0 Å². The largest absolute Gasteiger partial charge is 0.424 e. The van der Waals surface area contributed by atoms with Crippen LogP contribution in [0.25, 0.3) is 0 Å². The van der Waals surface area contributed by atoms with Gasteiger partial charge in [0.2, 0.25) is 11.8 Å². The second-order valence-corrected chi connectivity index (χ2v) is 14.6. The van der Waals surface area contributed by atoms with Crippen LogP contribution < -0.4 is 10.2 Å². The monoisotopic (exact) mass is 642 g/mol. The lowest BCUT2D eigenvalue weighted by Gasteiger charge is -2.38. The molecule has 6 rings (SSSR count). The van der Waals surface area contributed by atoms with Crippen LogP contribution in [0.15, 0.2) is 89.3 Å². The molecule has 45 heavy (non-hydrogen) atoms. The van der Waals surface area contributed by atoms with Gasteiger partial charge in [-0.3, -0.25) is 0 Å². The standard InChI is InChI=1S/C38H47ClN4OS/c1-42(2)36(31-17-19-33(39)20-18-31)30-15-13-29(14-16-30)25-32(27-40-34-11-7-4-8-12-34)37-41-35(26-28-9-5-3-6-10-28)38(44-37)43-21-23-45-24-22-43/h3-12,17-20,29-30,32,36,40H,13-16,21-27H2,1-2H3. The third-order valence-corrected chi connectivity index (χ3v) is 10.8. The number of para-hydroxylation sites is 1. The number of nitrogens with one attached hydrogen (secondary N) is 1. The molecule has 1 saturated carbocycles. The number of benzene rings is 3. The van der Waals surface area contributed by atoms with E-state index in [1.54, 1.807) is 0 Å². The lowest BCUT2D eigenvalue weighted by atomic mass is 9.74. The molecule has 2 atom stereocenters. The predicted molar refractivity (Wildman–Crippen MR) is 191 cm³/mol. The van der Waals surface area contributed by atoms with Crippen molar-refractivity contribution in [2.24, 2.45) is 11.8 Å². The SMILES string of the molecule is CN(C)C(c1ccc(Cl)cc1)C1CCC(CC(CNc2ccccc2)c2nc(Cc3ccccc3)c(N3CCSCC3)o2)CC1. The molecule has 2 unspecified atom stereocenters. The van der Waals surface area contributed by atoms with Crippen molar-refractivity contribution in [1.82, 2.24) is 9.88 Å². The smallest absolute Gasteiger partial charge is 0.219 e. The van der Waals surface area contributed by atoms with Gasteiger partial charge >= 0.3 is 0 Å². The summed E-state index contributed by atoms with van der Waals surface area (Å²) in [5.41, 5.74) is 4.87. The summed E-state index contributed by atoms with van der Waals surface area (Å²) >= 11 is 8.25. The Bertz CT molecular complexity index is 1450. The van der Waals surface area contributed by atoms with E-state index in [1.807, 2.05) is 23.9 Å². The molecular formula is C38H47ClN4OS. The van der Waals surface area contributed by atoms with E-state index in [0.717, 1.165) is 72.2 Å². The molecule has 238 valence electrons. The van der Waals surface area contributed by atoms with E-state index in [4.69, 9.17) is 21.0 Å². The first-order valence-electron chi connectivity index (χ1n) is 16.6. The van der Waals surface area contributed by atoms with E-state index in [2.05, 4.69) is 102 Å². The molecule has 0 spiro atoms. The highest BCUT2D eigenvalue weighted by molar-refractivity contribution is 7.99. The van der Waals surface area contributed by atoms with Gasteiger partial charge < -0.3 is 19.5 Å². The highest BCUT2D eigenvalue weighted by Crippen LogP contribution is 2.43. The lowest BCUT2D eigenvalue weighted by molar-refractivity contribution is 0.143. The lowest BCUT2D eigenvalue weighted by Crippen LogP contribution is -2.32. The summed E-state index contributed by atoms with van der Waals surface area (Å²) in [4.78, 5) is 10.1. The van der Waals surface area contributed by atoms with Gasteiger partial charge in [-0.25, -0.2) is 4.98 Å². The molecule has 7 heteroatoms. The van der Waals surface area contributed by atoms with E-state index in [1.165, 1.54) is 36.8 Å². The maximum absolute atomic E-state index is 6.82. The summed E-state index contributed by atoms with van der Waals surface area (Å²) in [7, 11) is 4.43. The van der Waals surface area contributed by atoms with E-state index in [9.17, 15) is 0 Å². The fourth-order valence-corrected chi connectivity index (χ4v) is 8.35. The maximum atomic E-state index is 6.82. The van der Waals surface area contributed by atoms with Crippen molar-refractivity contribution < 1.29 is 4.42 Å². The summed E-state index contributed by atoms with van der Waals surface area (Å²) < 4.78 is 6.82. The first-order valence-corrected chi connectivity index (χ1v) is 18.1. The summed E-state index contributed by atoms with van der Waals surface area (Å²) in [6.07, 6.45) is 6.81. The first-order chi connectivity index (χ1) is 22.0. The minimum atomic E-state index is 0.204. The fourth-order valence-electron chi connectivity index (χ4n) is 7.32. The van der Waals surface area contributed by atoms with Crippen LogP contribution >= 0.6 is 23.4 Å². The number of halogens is 1. The Morgan fingerprint density at radius 2 is 1.58 bits per heavy atom. The van der Waals surface area contributed by atoms with Gasteiger partial charge in [-0.05, 0) is 80.6 Å². The van der Waals surface area contributed by atoms with E-state index in [-0.39, 0.29) is 5.92 Å². The van der Waals surface area contributed by atoms with Gasteiger partial charge in [-0.2, -0.15) is 11.8 Å². The molecular weight excluding hydrogens is 596 g/mol. The van der Waals surface area contributed by atoms with Crippen LogP contribution in [-0.2, 0) is 6.42 Å². The molecule has 1 aliphatic carbocycles. The van der Waals surface area contributed by atoms with Crippen molar-refractivity contribution in [2.75, 3.05) is 55.5 Å². The third kappa shape index (κ3) is 8.46. The normalized spacial score (nSPS) is 20.2. The first kappa shape index (κ1) is 32.0. The topological polar surface area (TPSA) is 44.5 Å². The molecule has 1 saturated heterocycles. The van der Waals surface area contributed by atoms with Crippen LogP contribution in [0.4, 0.5) is 11.6 Å².